The zero-order valence-corrected chi connectivity index (χ0v) is 8.37. The van der Waals surface area contributed by atoms with Gasteiger partial charge >= 0.3 is 12.1 Å². The number of furan rings is 1. The average Bonchev–Trinajstić information content (AvgIpc) is 2.60. The number of Topliss-reactive ketones (excluding diaryl/α,β-unsaturated/α-hetero) is 1. The third kappa shape index (κ3) is 1.92. The number of carboxylic acid groups (broad SMARTS) is 1. The van der Waals surface area contributed by atoms with Gasteiger partial charge in [-0.25, -0.2) is 4.79 Å². The highest BCUT2D eigenvalue weighted by molar-refractivity contribution is 6.07. The van der Waals surface area contributed by atoms with Gasteiger partial charge in [0.1, 0.15) is 17.6 Å². The summed E-state index contributed by atoms with van der Waals surface area (Å²) in [7, 11) is 0. The third-order valence-electron chi connectivity index (χ3n) is 2.70. The zero-order chi connectivity index (χ0) is 12.8. The number of fused-ring (bicyclic) bond motifs is 1. The fourth-order valence-electron chi connectivity index (χ4n) is 1.86. The van der Waals surface area contributed by atoms with E-state index in [4.69, 9.17) is 9.52 Å². The highest BCUT2D eigenvalue weighted by atomic mass is 19.4. The van der Waals surface area contributed by atoms with Crippen molar-refractivity contribution in [2.75, 3.05) is 0 Å². The van der Waals surface area contributed by atoms with Crippen LogP contribution in [-0.2, 0) is 6.42 Å². The molecule has 0 spiro atoms. The van der Waals surface area contributed by atoms with Gasteiger partial charge < -0.3 is 9.52 Å². The number of alkyl halides is 3. The largest absolute Gasteiger partial charge is 0.478 e. The molecule has 1 aromatic rings. The van der Waals surface area contributed by atoms with E-state index in [1.165, 1.54) is 0 Å². The lowest BCUT2D eigenvalue weighted by atomic mass is 9.85. The molecule has 0 radical (unpaired) electrons. The van der Waals surface area contributed by atoms with Crippen molar-refractivity contribution in [1.82, 2.24) is 0 Å². The summed E-state index contributed by atoms with van der Waals surface area (Å²) in [5.41, 5.74) is -0.594. The number of carboxylic acids is 1. The van der Waals surface area contributed by atoms with Crippen LogP contribution in [0.15, 0.2) is 10.7 Å². The smallest absolute Gasteiger partial charge is 0.392 e. The van der Waals surface area contributed by atoms with Crippen molar-refractivity contribution in [2.24, 2.45) is 5.92 Å². The van der Waals surface area contributed by atoms with Crippen LogP contribution in [0.25, 0.3) is 0 Å². The Morgan fingerprint density at radius 3 is 2.59 bits per heavy atom. The van der Waals surface area contributed by atoms with Crippen molar-refractivity contribution >= 4 is 11.8 Å². The van der Waals surface area contributed by atoms with Crippen LogP contribution in [0.4, 0.5) is 13.2 Å². The van der Waals surface area contributed by atoms with Crippen LogP contribution < -0.4 is 0 Å². The molecule has 2 rings (SSSR count). The van der Waals surface area contributed by atoms with E-state index in [1.54, 1.807) is 0 Å². The summed E-state index contributed by atoms with van der Waals surface area (Å²) >= 11 is 0. The van der Waals surface area contributed by atoms with Crippen LogP contribution in [0.3, 0.4) is 0 Å². The molecule has 4 nitrogen and oxygen atoms in total. The Labute approximate surface area is 93.0 Å². The van der Waals surface area contributed by atoms with Gasteiger partial charge in [-0.3, -0.25) is 4.79 Å². The van der Waals surface area contributed by atoms with Gasteiger partial charge in [-0.1, -0.05) is 0 Å². The molecule has 7 heteroatoms. The number of hydrogen-bond donors (Lipinski definition) is 1. The highest BCUT2D eigenvalue weighted by Gasteiger charge is 2.46. The molecule has 1 aliphatic rings. The molecule has 0 bridgehead atoms. The van der Waals surface area contributed by atoms with Gasteiger partial charge in [0.25, 0.3) is 0 Å². The van der Waals surface area contributed by atoms with Crippen molar-refractivity contribution < 1.29 is 32.3 Å². The first-order valence-corrected chi connectivity index (χ1v) is 4.74. The molecule has 0 amide bonds. The maximum absolute atomic E-state index is 12.5. The maximum Gasteiger partial charge on any atom is 0.392 e. The summed E-state index contributed by atoms with van der Waals surface area (Å²) in [5, 5.41) is 8.74. The molecular weight excluding hydrogens is 241 g/mol. The monoisotopic (exact) mass is 248 g/mol. The van der Waals surface area contributed by atoms with Crippen molar-refractivity contribution in [3.8, 4) is 0 Å². The quantitative estimate of drug-likeness (QED) is 0.827. The summed E-state index contributed by atoms with van der Waals surface area (Å²) in [6.45, 7) is 0. The summed E-state index contributed by atoms with van der Waals surface area (Å²) in [6.07, 6.45) is -4.89. The van der Waals surface area contributed by atoms with Gasteiger partial charge in [-0.15, -0.1) is 0 Å². The molecule has 1 heterocycles. The lowest BCUT2D eigenvalue weighted by Crippen LogP contribution is -2.31. The lowest BCUT2D eigenvalue weighted by Gasteiger charge is -2.22. The van der Waals surface area contributed by atoms with Gasteiger partial charge in [-0.2, -0.15) is 13.2 Å². The highest BCUT2D eigenvalue weighted by Crippen LogP contribution is 2.38. The fraction of sp³-hybridized carbons (Fsp3) is 0.400. The van der Waals surface area contributed by atoms with Crippen LogP contribution in [0.2, 0.25) is 0 Å². The molecule has 0 saturated heterocycles. The minimum atomic E-state index is -4.48. The van der Waals surface area contributed by atoms with Crippen LogP contribution in [0.5, 0.6) is 0 Å². The van der Waals surface area contributed by atoms with E-state index in [2.05, 4.69) is 0 Å². The molecule has 1 aromatic heterocycles. The number of halogens is 3. The Morgan fingerprint density at radius 2 is 2.06 bits per heavy atom. The Balaban J connectivity index is 2.40. The molecule has 0 fully saturated rings. The Bertz CT molecular complexity index is 486. The second-order valence-corrected chi connectivity index (χ2v) is 3.82. The van der Waals surface area contributed by atoms with E-state index < -0.39 is 36.7 Å². The van der Waals surface area contributed by atoms with E-state index in [0.29, 0.717) is 0 Å². The Hall–Kier alpha value is -1.79. The molecule has 1 aliphatic carbocycles. The van der Waals surface area contributed by atoms with Crippen molar-refractivity contribution in [1.29, 1.82) is 0 Å². The minimum Gasteiger partial charge on any atom is -0.478 e. The molecule has 0 saturated carbocycles. The summed E-state index contributed by atoms with van der Waals surface area (Å²) in [4.78, 5) is 22.2. The molecule has 0 aromatic carbocycles. The van der Waals surface area contributed by atoms with Crippen molar-refractivity contribution in [2.45, 2.75) is 19.0 Å². The predicted octanol–water partition coefficient (Wildman–Crippen LogP) is 2.29. The summed E-state index contributed by atoms with van der Waals surface area (Å²) in [6, 6.07) is 0. The molecular formula is C10H7F3O4. The number of rotatable bonds is 1. The van der Waals surface area contributed by atoms with Gasteiger partial charge in [-0.05, 0) is 0 Å². The first-order chi connectivity index (χ1) is 7.80. The number of carbonyl (C=O) groups excluding carboxylic acids is 1. The van der Waals surface area contributed by atoms with Crippen LogP contribution in [0.1, 0.15) is 32.9 Å². The molecule has 92 valence electrons. The Kier molecular flexibility index (Phi) is 2.48. The number of hydrogen-bond acceptors (Lipinski definition) is 3. The van der Waals surface area contributed by atoms with Crippen LogP contribution >= 0.6 is 0 Å². The molecule has 0 unspecified atom stereocenters. The Morgan fingerprint density at radius 1 is 1.41 bits per heavy atom. The molecule has 1 atom stereocenters. The van der Waals surface area contributed by atoms with Crippen LogP contribution in [-0.4, -0.2) is 23.0 Å². The van der Waals surface area contributed by atoms with Gasteiger partial charge in [0.05, 0.1) is 11.5 Å². The molecule has 17 heavy (non-hydrogen) atoms. The SMILES string of the molecule is O=C(O)c1coc2c1C(=O)C[C@@H](C(F)(F)F)C2. The second kappa shape index (κ2) is 3.61. The zero-order valence-electron chi connectivity index (χ0n) is 8.37. The van der Waals surface area contributed by atoms with Crippen LogP contribution in [0, 0.1) is 5.92 Å². The fourth-order valence-corrected chi connectivity index (χ4v) is 1.86. The van der Waals surface area contributed by atoms with E-state index in [9.17, 15) is 22.8 Å². The molecule has 1 N–H and O–H groups in total. The third-order valence-corrected chi connectivity index (χ3v) is 2.70. The number of ketones is 1. The predicted molar refractivity (Wildman–Crippen MR) is 47.9 cm³/mol. The second-order valence-electron chi connectivity index (χ2n) is 3.82. The lowest BCUT2D eigenvalue weighted by molar-refractivity contribution is -0.174. The van der Waals surface area contributed by atoms with Gasteiger partial charge in [0, 0.05) is 12.8 Å². The standard InChI is InChI=1S/C10H7F3O4/c11-10(12,13)4-1-6(14)8-5(9(15)16)3-17-7(8)2-4/h3-4H,1-2H2,(H,15,16)/t4-/m1/s1. The first kappa shape index (κ1) is 11.7. The van der Waals surface area contributed by atoms with E-state index in [1.807, 2.05) is 0 Å². The number of carbonyl (C=O) groups is 2. The summed E-state index contributed by atoms with van der Waals surface area (Å²) in [5.74, 6) is -4.20. The van der Waals surface area contributed by atoms with Gasteiger partial charge in [0.2, 0.25) is 0 Å². The van der Waals surface area contributed by atoms with Gasteiger partial charge in [0.15, 0.2) is 5.78 Å². The topological polar surface area (TPSA) is 67.5 Å². The number of aromatic carboxylic acids is 1. The van der Waals surface area contributed by atoms with Crippen molar-refractivity contribution in [3.63, 3.8) is 0 Å². The van der Waals surface area contributed by atoms with E-state index in [0.717, 1.165) is 6.26 Å². The minimum absolute atomic E-state index is 0.194. The average molecular weight is 248 g/mol. The van der Waals surface area contributed by atoms with Crippen molar-refractivity contribution in [3.05, 3.63) is 23.2 Å². The maximum atomic E-state index is 12.5. The molecule has 0 aliphatic heterocycles. The van der Waals surface area contributed by atoms with E-state index in [-0.39, 0.29) is 16.9 Å². The normalized spacial score (nSPS) is 20.2. The first-order valence-electron chi connectivity index (χ1n) is 4.74. The van der Waals surface area contributed by atoms with E-state index >= 15 is 0 Å². The summed E-state index contributed by atoms with van der Waals surface area (Å²) < 4.78 is 42.1.